The second-order valence-electron chi connectivity index (χ2n) is 3.50. The summed E-state index contributed by atoms with van der Waals surface area (Å²) in [6, 6.07) is 1.92. The van der Waals surface area contributed by atoms with Crippen LogP contribution in [0.2, 0.25) is 0 Å². The molecule has 0 amide bonds. The van der Waals surface area contributed by atoms with Crippen LogP contribution >= 0.6 is 11.3 Å². The molecule has 0 N–H and O–H groups in total. The highest BCUT2D eigenvalue weighted by Gasteiger charge is 2.08. The Balaban J connectivity index is 2.36. The van der Waals surface area contributed by atoms with Crippen molar-refractivity contribution in [2.75, 3.05) is 0 Å². The first kappa shape index (κ1) is 10.1. The number of rotatable bonds is 3. The molecule has 0 aromatic carbocycles. The minimum atomic E-state index is 0.775. The van der Waals surface area contributed by atoms with Gasteiger partial charge in [0.2, 0.25) is 0 Å². The summed E-state index contributed by atoms with van der Waals surface area (Å²) in [5.41, 5.74) is 4.74. The van der Waals surface area contributed by atoms with Gasteiger partial charge in [0.15, 0.2) is 6.29 Å². The van der Waals surface area contributed by atoms with Gasteiger partial charge in [-0.05, 0) is 19.9 Å². The molecule has 0 fully saturated rings. The first-order valence-electron chi connectivity index (χ1n) is 4.71. The third-order valence-corrected chi connectivity index (χ3v) is 3.30. The maximum atomic E-state index is 10.8. The van der Waals surface area contributed by atoms with Gasteiger partial charge in [-0.2, -0.15) is 0 Å². The van der Waals surface area contributed by atoms with Crippen molar-refractivity contribution in [1.29, 1.82) is 0 Å². The van der Waals surface area contributed by atoms with Crippen LogP contribution in [0.1, 0.15) is 26.6 Å². The van der Waals surface area contributed by atoms with Crippen LogP contribution in [0, 0.1) is 13.8 Å². The molecule has 0 spiro atoms. The Kier molecular flexibility index (Phi) is 2.68. The largest absolute Gasteiger partial charge is 0.343 e. The zero-order chi connectivity index (χ0) is 10.8. The number of aryl methyl sites for hydroxylation is 1. The molecule has 0 aliphatic heterocycles. The van der Waals surface area contributed by atoms with Gasteiger partial charge in [0.1, 0.15) is 0 Å². The van der Waals surface area contributed by atoms with Crippen molar-refractivity contribution in [2.24, 2.45) is 0 Å². The highest BCUT2D eigenvalue weighted by atomic mass is 32.1. The van der Waals surface area contributed by atoms with Gasteiger partial charge < -0.3 is 4.57 Å². The van der Waals surface area contributed by atoms with Crippen molar-refractivity contribution in [1.82, 2.24) is 9.55 Å². The molecule has 2 heterocycles. The van der Waals surface area contributed by atoms with Crippen molar-refractivity contribution in [2.45, 2.75) is 20.4 Å². The predicted octanol–water partition coefficient (Wildman–Crippen LogP) is 2.42. The molecule has 0 bridgehead atoms. The summed E-state index contributed by atoms with van der Waals surface area (Å²) < 4.78 is 2.14. The minimum absolute atomic E-state index is 0.775. The topological polar surface area (TPSA) is 34.9 Å². The first-order valence-corrected chi connectivity index (χ1v) is 5.59. The average Bonchev–Trinajstić information content (AvgIpc) is 2.81. The standard InChI is InChI=1S/C11H12N2OS/c1-8-3-10(6-14)9(2)13(8)5-11-4-12-7-15-11/h3-4,6-7H,5H2,1-2H3. The molecule has 0 saturated carbocycles. The Morgan fingerprint density at radius 2 is 2.33 bits per heavy atom. The number of nitrogens with zero attached hydrogens (tertiary/aromatic N) is 2. The van der Waals surface area contributed by atoms with Crippen LogP contribution in [0.15, 0.2) is 17.8 Å². The van der Waals surface area contributed by atoms with Gasteiger partial charge in [0.05, 0.1) is 12.1 Å². The lowest BCUT2D eigenvalue weighted by atomic mass is 10.3. The fourth-order valence-electron chi connectivity index (χ4n) is 1.67. The fourth-order valence-corrected chi connectivity index (χ4v) is 2.25. The summed E-state index contributed by atoms with van der Waals surface area (Å²) in [5.74, 6) is 0. The van der Waals surface area contributed by atoms with Gasteiger partial charge in [-0.3, -0.25) is 9.78 Å². The lowest BCUT2D eigenvalue weighted by Gasteiger charge is -2.06. The number of thiazole rings is 1. The summed E-state index contributed by atoms with van der Waals surface area (Å²) in [4.78, 5) is 16.0. The lowest BCUT2D eigenvalue weighted by molar-refractivity contribution is 0.112. The van der Waals surface area contributed by atoms with Gasteiger partial charge in [0.25, 0.3) is 0 Å². The third-order valence-electron chi connectivity index (χ3n) is 2.54. The maximum Gasteiger partial charge on any atom is 0.151 e. The number of hydrogen-bond acceptors (Lipinski definition) is 3. The Morgan fingerprint density at radius 3 is 2.87 bits per heavy atom. The fraction of sp³-hybridized carbons (Fsp3) is 0.273. The van der Waals surface area contributed by atoms with E-state index in [0.717, 1.165) is 29.8 Å². The van der Waals surface area contributed by atoms with E-state index in [-0.39, 0.29) is 0 Å². The van der Waals surface area contributed by atoms with Crippen LogP contribution in [0.25, 0.3) is 0 Å². The molecule has 3 nitrogen and oxygen atoms in total. The molecule has 2 aromatic heterocycles. The smallest absolute Gasteiger partial charge is 0.151 e. The van der Waals surface area contributed by atoms with Gasteiger partial charge in [-0.15, -0.1) is 11.3 Å². The highest BCUT2D eigenvalue weighted by molar-refractivity contribution is 7.09. The maximum absolute atomic E-state index is 10.8. The van der Waals surface area contributed by atoms with Crippen LogP contribution in [0.3, 0.4) is 0 Å². The van der Waals surface area contributed by atoms with Crippen LogP contribution in [-0.4, -0.2) is 15.8 Å². The Morgan fingerprint density at radius 1 is 1.53 bits per heavy atom. The van der Waals surface area contributed by atoms with Gasteiger partial charge in [0, 0.05) is 28.0 Å². The van der Waals surface area contributed by atoms with Gasteiger partial charge in [-0.1, -0.05) is 0 Å². The Bertz CT molecular complexity index is 471. The molecule has 0 aliphatic carbocycles. The number of carbonyl (C=O) groups excluding carboxylic acids is 1. The average molecular weight is 220 g/mol. The van der Waals surface area contributed by atoms with E-state index in [2.05, 4.69) is 9.55 Å². The molecule has 2 aromatic rings. The van der Waals surface area contributed by atoms with E-state index in [1.807, 2.05) is 31.6 Å². The molecule has 4 heteroatoms. The third kappa shape index (κ3) is 1.85. The van der Waals surface area contributed by atoms with Crippen LogP contribution in [-0.2, 0) is 6.54 Å². The van der Waals surface area contributed by atoms with E-state index in [1.54, 1.807) is 11.3 Å². The van der Waals surface area contributed by atoms with Crippen molar-refractivity contribution in [3.8, 4) is 0 Å². The normalized spacial score (nSPS) is 10.5. The van der Waals surface area contributed by atoms with E-state index in [0.29, 0.717) is 0 Å². The van der Waals surface area contributed by atoms with Crippen molar-refractivity contribution in [3.63, 3.8) is 0 Å². The molecule has 78 valence electrons. The van der Waals surface area contributed by atoms with E-state index in [4.69, 9.17) is 0 Å². The predicted molar refractivity (Wildman–Crippen MR) is 60.5 cm³/mol. The lowest BCUT2D eigenvalue weighted by Crippen LogP contribution is -2.02. The van der Waals surface area contributed by atoms with Gasteiger partial charge in [-0.25, -0.2) is 0 Å². The minimum Gasteiger partial charge on any atom is -0.343 e. The number of carbonyl (C=O) groups is 1. The molecular formula is C11H12N2OS. The summed E-state index contributed by atoms with van der Waals surface area (Å²) in [7, 11) is 0. The molecule has 0 unspecified atom stereocenters. The van der Waals surface area contributed by atoms with E-state index in [9.17, 15) is 4.79 Å². The molecule has 2 rings (SSSR count). The van der Waals surface area contributed by atoms with E-state index in [1.165, 1.54) is 4.88 Å². The molecule has 0 radical (unpaired) electrons. The second kappa shape index (κ2) is 3.98. The molecular weight excluding hydrogens is 208 g/mol. The summed E-state index contributed by atoms with van der Waals surface area (Å²) in [5, 5.41) is 0. The second-order valence-corrected chi connectivity index (χ2v) is 4.47. The summed E-state index contributed by atoms with van der Waals surface area (Å²) in [6.07, 6.45) is 2.77. The number of aldehydes is 1. The zero-order valence-corrected chi connectivity index (χ0v) is 9.54. The van der Waals surface area contributed by atoms with Gasteiger partial charge >= 0.3 is 0 Å². The zero-order valence-electron chi connectivity index (χ0n) is 8.73. The molecule has 0 atom stereocenters. The first-order chi connectivity index (χ1) is 7.22. The molecule has 0 aliphatic rings. The summed E-state index contributed by atoms with van der Waals surface area (Å²) >= 11 is 1.63. The molecule has 0 saturated heterocycles. The van der Waals surface area contributed by atoms with Crippen LogP contribution in [0.5, 0.6) is 0 Å². The Hall–Kier alpha value is -1.42. The van der Waals surface area contributed by atoms with Crippen LogP contribution < -0.4 is 0 Å². The SMILES string of the molecule is Cc1cc(C=O)c(C)n1Cc1cncs1. The van der Waals surface area contributed by atoms with Crippen LogP contribution in [0.4, 0.5) is 0 Å². The highest BCUT2D eigenvalue weighted by Crippen LogP contribution is 2.16. The van der Waals surface area contributed by atoms with Crippen molar-refractivity contribution >= 4 is 17.6 Å². The monoisotopic (exact) mass is 220 g/mol. The number of hydrogen-bond donors (Lipinski definition) is 0. The molecule has 15 heavy (non-hydrogen) atoms. The van der Waals surface area contributed by atoms with Crippen molar-refractivity contribution < 1.29 is 4.79 Å². The van der Waals surface area contributed by atoms with Crippen molar-refractivity contribution in [3.05, 3.63) is 39.6 Å². The van der Waals surface area contributed by atoms with E-state index >= 15 is 0 Å². The quantitative estimate of drug-likeness (QED) is 0.744. The van der Waals surface area contributed by atoms with E-state index < -0.39 is 0 Å². The Labute approximate surface area is 92.4 Å². The summed E-state index contributed by atoms with van der Waals surface area (Å²) in [6.45, 7) is 4.79. The number of aromatic nitrogens is 2.